The van der Waals surface area contributed by atoms with E-state index in [9.17, 15) is 8.78 Å². The molecule has 114 valence electrons. The predicted molar refractivity (Wildman–Crippen MR) is 87.8 cm³/mol. The van der Waals surface area contributed by atoms with Gasteiger partial charge in [-0.1, -0.05) is 30.3 Å². The lowest BCUT2D eigenvalue weighted by Crippen LogP contribution is -2.34. The molecule has 22 heavy (non-hydrogen) atoms. The molecule has 0 saturated heterocycles. The van der Waals surface area contributed by atoms with E-state index >= 15 is 0 Å². The van der Waals surface area contributed by atoms with Crippen molar-refractivity contribution in [1.29, 1.82) is 0 Å². The van der Waals surface area contributed by atoms with Crippen molar-refractivity contribution in [2.45, 2.75) is 25.3 Å². The highest BCUT2D eigenvalue weighted by atomic mass is 32.1. The second-order valence-corrected chi connectivity index (χ2v) is 5.75. The van der Waals surface area contributed by atoms with Crippen LogP contribution in [-0.2, 0) is 6.42 Å². The zero-order valence-corrected chi connectivity index (χ0v) is 12.7. The maximum absolute atomic E-state index is 13.6. The van der Waals surface area contributed by atoms with E-state index < -0.39 is 11.6 Å². The molecule has 0 unspecified atom stereocenters. The fourth-order valence-electron chi connectivity index (χ4n) is 2.83. The van der Waals surface area contributed by atoms with Crippen LogP contribution in [0.4, 0.5) is 14.5 Å². The minimum absolute atomic E-state index is 0.0692. The van der Waals surface area contributed by atoms with Crippen molar-refractivity contribution in [3.05, 3.63) is 65.2 Å². The lowest BCUT2D eigenvalue weighted by Gasteiger charge is -2.27. The standard InChI is InChI=1S/C17H16F2N2S/c18-13-8-4-9-14(19)16(13)21-17(22)20-15-10-3-6-11-5-1-2-7-12(11)15/h1-2,4-5,7-9,15H,3,6,10H2,(H2,20,21,22)/t15-/m1/s1. The van der Waals surface area contributed by atoms with E-state index in [0.717, 1.165) is 19.3 Å². The Morgan fingerprint density at radius 1 is 1.05 bits per heavy atom. The van der Waals surface area contributed by atoms with E-state index in [0.29, 0.717) is 0 Å². The average Bonchev–Trinajstić information content (AvgIpc) is 2.51. The molecule has 2 aromatic carbocycles. The first-order chi connectivity index (χ1) is 10.6. The minimum atomic E-state index is -0.659. The number of halogens is 2. The van der Waals surface area contributed by atoms with E-state index in [1.54, 1.807) is 0 Å². The van der Waals surface area contributed by atoms with Gasteiger partial charge in [-0.2, -0.15) is 0 Å². The number of rotatable bonds is 2. The number of hydrogen-bond donors (Lipinski definition) is 2. The molecule has 0 heterocycles. The van der Waals surface area contributed by atoms with Crippen molar-refractivity contribution in [2.24, 2.45) is 0 Å². The molecule has 5 heteroatoms. The van der Waals surface area contributed by atoms with Crippen LogP contribution in [0.5, 0.6) is 0 Å². The average molecular weight is 318 g/mol. The third-order valence-electron chi connectivity index (χ3n) is 3.88. The maximum atomic E-state index is 13.6. The van der Waals surface area contributed by atoms with Crippen molar-refractivity contribution in [3.63, 3.8) is 0 Å². The Morgan fingerprint density at radius 3 is 2.55 bits per heavy atom. The molecule has 1 atom stereocenters. The summed E-state index contributed by atoms with van der Waals surface area (Å²) >= 11 is 5.21. The summed E-state index contributed by atoms with van der Waals surface area (Å²) in [6.45, 7) is 0. The van der Waals surface area contributed by atoms with Gasteiger partial charge in [0.2, 0.25) is 0 Å². The topological polar surface area (TPSA) is 24.1 Å². The van der Waals surface area contributed by atoms with Crippen molar-refractivity contribution in [1.82, 2.24) is 5.32 Å². The van der Waals surface area contributed by atoms with Crippen LogP contribution < -0.4 is 10.6 Å². The Balaban J connectivity index is 1.73. The van der Waals surface area contributed by atoms with Crippen LogP contribution in [0.3, 0.4) is 0 Å². The predicted octanol–water partition coefficient (Wildman–Crippen LogP) is 4.33. The first-order valence-electron chi connectivity index (χ1n) is 7.24. The summed E-state index contributed by atoms with van der Waals surface area (Å²) in [6.07, 6.45) is 3.06. The van der Waals surface area contributed by atoms with Gasteiger partial charge in [0.1, 0.15) is 17.3 Å². The van der Waals surface area contributed by atoms with Gasteiger partial charge in [0.05, 0.1) is 6.04 Å². The fraction of sp³-hybridized carbons (Fsp3) is 0.235. The molecular weight excluding hydrogens is 302 g/mol. The Hall–Kier alpha value is -2.01. The molecule has 0 fully saturated rings. The molecule has 0 radical (unpaired) electrons. The van der Waals surface area contributed by atoms with Crippen LogP contribution in [0.1, 0.15) is 30.0 Å². The SMILES string of the molecule is Fc1cccc(F)c1NC(=S)N[C@@H]1CCCc2ccccc21. The van der Waals surface area contributed by atoms with E-state index in [2.05, 4.69) is 22.8 Å². The summed E-state index contributed by atoms with van der Waals surface area (Å²) in [4.78, 5) is 0. The minimum Gasteiger partial charge on any atom is -0.356 e. The molecular formula is C17H16F2N2S. The van der Waals surface area contributed by atoms with Crippen LogP contribution in [0.15, 0.2) is 42.5 Å². The maximum Gasteiger partial charge on any atom is 0.171 e. The van der Waals surface area contributed by atoms with Crippen LogP contribution in [0.25, 0.3) is 0 Å². The first kappa shape index (κ1) is 14.9. The van der Waals surface area contributed by atoms with Crippen LogP contribution >= 0.6 is 12.2 Å². The Labute approximate surface area is 133 Å². The third-order valence-corrected chi connectivity index (χ3v) is 4.10. The number of nitrogens with one attached hydrogen (secondary N) is 2. The van der Waals surface area contributed by atoms with Crippen molar-refractivity contribution in [2.75, 3.05) is 5.32 Å². The van der Waals surface area contributed by atoms with Gasteiger partial charge in [0.15, 0.2) is 5.11 Å². The molecule has 0 aromatic heterocycles. The molecule has 3 rings (SSSR count). The second kappa shape index (κ2) is 6.40. The highest BCUT2D eigenvalue weighted by Crippen LogP contribution is 2.29. The number of para-hydroxylation sites is 1. The lowest BCUT2D eigenvalue weighted by molar-refractivity contribution is 0.528. The molecule has 1 aliphatic rings. The molecule has 0 aliphatic heterocycles. The van der Waals surface area contributed by atoms with E-state index in [1.807, 2.05) is 12.1 Å². The summed E-state index contributed by atoms with van der Waals surface area (Å²) in [5.41, 5.74) is 2.28. The Kier molecular flexibility index (Phi) is 4.34. The smallest absolute Gasteiger partial charge is 0.171 e. The summed E-state index contributed by atoms with van der Waals surface area (Å²) in [5.74, 6) is -1.32. The zero-order chi connectivity index (χ0) is 15.5. The van der Waals surface area contributed by atoms with E-state index in [-0.39, 0.29) is 16.8 Å². The number of thiocarbonyl (C=S) groups is 1. The van der Waals surface area contributed by atoms with Crippen molar-refractivity contribution < 1.29 is 8.78 Å². The lowest BCUT2D eigenvalue weighted by atomic mass is 9.88. The number of fused-ring (bicyclic) bond motifs is 1. The van der Waals surface area contributed by atoms with Gasteiger partial charge in [-0.05, 0) is 54.7 Å². The van der Waals surface area contributed by atoms with Gasteiger partial charge in [0, 0.05) is 0 Å². The quantitative estimate of drug-likeness (QED) is 0.806. The summed E-state index contributed by atoms with van der Waals surface area (Å²) in [6, 6.07) is 12.0. The Bertz CT molecular complexity index is 683. The molecule has 0 amide bonds. The normalized spacial score (nSPS) is 16.7. The number of aryl methyl sites for hydroxylation is 1. The number of benzene rings is 2. The third kappa shape index (κ3) is 3.09. The highest BCUT2D eigenvalue weighted by Gasteiger charge is 2.20. The summed E-state index contributed by atoms with van der Waals surface area (Å²) in [7, 11) is 0. The van der Waals surface area contributed by atoms with Crippen LogP contribution in [0, 0.1) is 11.6 Å². The number of anilines is 1. The molecule has 1 aliphatic carbocycles. The highest BCUT2D eigenvalue weighted by molar-refractivity contribution is 7.80. The van der Waals surface area contributed by atoms with E-state index in [1.165, 1.54) is 29.3 Å². The largest absolute Gasteiger partial charge is 0.356 e. The number of hydrogen-bond acceptors (Lipinski definition) is 1. The fourth-order valence-corrected chi connectivity index (χ4v) is 3.07. The Morgan fingerprint density at radius 2 is 1.77 bits per heavy atom. The monoisotopic (exact) mass is 318 g/mol. The molecule has 0 spiro atoms. The second-order valence-electron chi connectivity index (χ2n) is 5.34. The van der Waals surface area contributed by atoms with Gasteiger partial charge >= 0.3 is 0 Å². The molecule has 0 saturated carbocycles. The summed E-state index contributed by atoms with van der Waals surface area (Å²) < 4.78 is 27.3. The van der Waals surface area contributed by atoms with Gasteiger partial charge in [-0.25, -0.2) is 8.78 Å². The van der Waals surface area contributed by atoms with Crippen LogP contribution in [0.2, 0.25) is 0 Å². The molecule has 0 bridgehead atoms. The molecule has 2 nitrogen and oxygen atoms in total. The van der Waals surface area contributed by atoms with Gasteiger partial charge in [-0.3, -0.25) is 0 Å². The van der Waals surface area contributed by atoms with Gasteiger partial charge in [-0.15, -0.1) is 0 Å². The van der Waals surface area contributed by atoms with Crippen molar-refractivity contribution in [3.8, 4) is 0 Å². The van der Waals surface area contributed by atoms with Crippen molar-refractivity contribution >= 4 is 23.0 Å². The summed E-state index contributed by atoms with van der Waals surface area (Å²) in [5, 5.41) is 6.02. The zero-order valence-electron chi connectivity index (χ0n) is 11.9. The van der Waals surface area contributed by atoms with Crippen LogP contribution in [-0.4, -0.2) is 5.11 Å². The first-order valence-corrected chi connectivity index (χ1v) is 7.65. The van der Waals surface area contributed by atoms with Gasteiger partial charge in [0.25, 0.3) is 0 Å². The van der Waals surface area contributed by atoms with E-state index in [4.69, 9.17) is 12.2 Å². The molecule has 2 N–H and O–H groups in total. The van der Waals surface area contributed by atoms with Gasteiger partial charge < -0.3 is 10.6 Å². The molecule has 2 aromatic rings.